The summed E-state index contributed by atoms with van der Waals surface area (Å²) in [6.45, 7) is 5.06. The second-order valence-electron chi connectivity index (χ2n) is 8.56. The van der Waals surface area contributed by atoms with Crippen LogP contribution in [0.15, 0.2) is 54.3 Å². The van der Waals surface area contributed by atoms with Crippen molar-refractivity contribution in [2.24, 2.45) is 0 Å². The zero-order chi connectivity index (χ0) is 23.3. The summed E-state index contributed by atoms with van der Waals surface area (Å²) in [6.07, 6.45) is 5.42. The lowest BCUT2D eigenvalue weighted by Crippen LogP contribution is -2.26. The largest absolute Gasteiger partial charge is 0.489 e. The van der Waals surface area contributed by atoms with Crippen molar-refractivity contribution in [2.45, 2.75) is 38.0 Å². The number of carbonyl (C=O) groups is 1. The summed E-state index contributed by atoms with van der Waals surface area (Å²) < 4.78 is 17.6. The van der Waals surface area contributed by atoms with E-state index in [1.54, 1.807) is 17.9 Å². The second-order valence-corrected chi connectivity index (χ2v) is 9.45. The van der Waals surface area contributed by atoms with Crippen LogP contribution in [0.4, 0.5) is 5.69 Å². The summed E-state index contributed by atoms with van der Waals surface area (Å²) in [5.41, 5.74) is 3.77. The summed E-state index contributed by atoms with van der Waals surface area (Å²) in [4.78, 5) is 23.5. The van der Waals surface area contributed by atoms with Crippen LogP contribution in [-0.4, -0.2) is 54.4 Å². The van der Waals surface area contributed by atoms with Crippen molar-refractivity contribution in [1.29, 1.82) is 0 Å². The minimum Gasteiger partial charge on any atom is -0.489 e. The number of carbonyl (C=O) groups excluding carboxylic acids is 1. The lowest BCUT2D eigenvalue weighted by atomic mass is 10.1. The first kappa shape index (κ1) is 22.6. The molecule has 4 heterocycles. The Morgan fingerprint density at radius 1 is 1.21 bits per heavy atom. The van der Waals surface area contributed by atoms with Crippen LogP contribution in [0, 0.1) is 0 Å². The van der Waals surface area contributed by atoms with Crippen molar-refractivity contribution in [3.05, 3.63) is 64.7 Å². The van der Waals surface area contributed by atoms with Gasteiger partial charge in [0.1, 0.15) is 22.8 Å². The van der Waals surface area contributed by atoms with Crippen LogP contribution in [0.3, 0.4) is 0 Å². The molecule has 0 spiro atoms. The zero-order valence-corrected chi connectivity index (χ0v) is 19.9. The molecule has 8 nitrogen and oxygen atoms in total. The number of pyridine rings is 1. The molecule has 3 atom stereocenters. The van der Waals surface area contributed by atoms with Gasteiger partial charge < -0.3 is 24.4 Å². The second kappa shape index (κ2) is 10.4. The molecule has 2 fully saturated rings. The summed E-state index contributed by atoms with van der Waals surface area (Å²) in [5, 5.41) is 3.00. The average molecular weight is 481 g/mol. The van der Waals surface area contributed by atoms with Crippen molar-refractivity contribution in [1.82, 2.24) is 15.3 Å². The molecule has 0 saturated carbocycles. The summed E-state index contributed by atoms with van der Waals surface area (Å²) in [6, 6.07) is 11.8. The molecule has 1 amide bonds. The molecular weight excluding hydrogens is 452 g/mol. The minimum atomic E-state index is -0.109. The van der Waals surface area contributed by atoms with Crippen LogP contribution in [-0.2, 0) is 4.74 Å². The number of thiazole rings is 1. The van der Waals surface area contributed by atoms with Crippen LogP contribution >= 0.6 is 11.3 Å². The molecule has 0 aliphatic carbocycles. The predicted octanol–water partition coefficient (Wildman–Crippen LogP) is 3.85. The van der Waals surface area contributed by atoms with Crippen LogP contribution in [0.25, 0.3) is 0 Å². The topological polar surface area (TPSA) is 85.8 Å². The molecule has 2 aliphatic heterocycles. The maximum absolute atomic E-state index is 12.3. The Hall–Kier alpha value is -3.17. The van der Waals surface area contributed by atoms with Crippen molar-refractivity contribution < 1.29 is 19.0 Å². The van der Waals surface area contributed by atoms with E-state index in [9.17, 15) is 4.79 Å². The molecule has 3 aromatic rings. The fourth-order valence-corrected chi connectivity index (χ4v) is 4.73. The molecule has 0 radical (unpaired) electrons. The highest BCUT2D eigenvalue weighted by molar-refractivity contribution is 7.11. The van der Waals surface area contributed by atoms with Gasteiger partial charge in [0.25, 0.3) is 5.91 Å². The Balaban J connectivity index is 1.13. The van der Waals surface area contributed by atoms with Crippen molar-refractivity contribution in [2.75, 3.05) is 31.2 Å². The maximum atomic E-state index is 12.3. The molecule has 2 aliphatic rings. The van der Waals surface area contributed by atoms with E-state index in [0.717, 1.165) is 49.5 Å². The quantitative estimate of drug-likeness (QED) is 0.524. The Kier molecular flexibility index (Phi) is 6.92. The molecule has 2 aromatic heterocycles. The number of hydrogen-bond acceptors (Lipinski definition) is 8. The van der Waals surface area contributed by atoms with Gasteiger partial charge in [0.15, 0.2) is 0 Å². The van der Waals surface area contributed by atoms with E-state index in [2.05, 4.69) is 20.2 Å². The van der Waals surface area contributed by atoms with Gasteiger partial charge >= 0.3 is 0 Å². The standard InChI is InChI=1S/C25H28N4O4S/c1-17(28-25(30)23-13-26-16-34-23)18-2-4-20(5-3-18)32-21-7-10-29(14-21)19-6-9-27-24(12-19)33-22-8-11-31-15-22/h2-6,9,12-13,16-17,21-22H,7-8,10-11,14-15H2,1H3,(H,28,30)/t17-,21+,22+/m0/s1. The SMILES string of the molecule is C[C@H](NC(=O)c1cncs1)c1ccc(O[C@@H]2CCN(c3ccnc(O[C@@H]4CCOC4)c3)C2)cc1. The van der Waals surface area contributed by atoms with E-state index in [1.807, 2.05) is 43.3 Å². The van der Waals surface area contributed by atoms with Crippen molar-refractivity contribution in [3.63, 3.8) is 0 Å². The first-order valence-electron chi connectivity index (χ1n) is 11.6. The van der Waals surface area contributed by atoms with Gasteiger partial charge in [-0.1, -0.05) is 12.1 Å². The number of anilines is 1. The molecule has 0 unspecified atom stereocenters. The number of nitrogens with zero attached hydrogens (tertiary/aromatic N) is 3. The first-order chi connectivity index (χ1) is 16.6. The molecule has 178 valence electrons. The smallest absolute Gasteiger partial charge is 0.263 e. The lowest BCUT2D eigenvalue weighted by molar-refractivity contribution is 0.0944. The normalized spacial score (nSPS) is 20.8. The van der Waals surface area contributed by atoms with Gasteiger partial charge in [-0.05, 0) is 30.7 Å². The van der Waals surface area contributed by atoms with Crippen molar-refractivity contribution in [3.8, 4) is 11.6 Å². The van der Waals surface area contributed by atoms with Gasteiger partial charge in [0.05, 0.1) is 37.5 Å². The van der Waals surface area contributed by atoms with Gasteiger partial charge in [-0.15, -0.1) is 11.3 Å². The molecule has 2 saturated heterocycles. The maximum Gasteiger partial charge on any atom is 0.263 e. The summed E-state index contributed by atoms with van der Waals surface area (Å²) in [7, 11) is 0. The van der Waals surface area contributed by atoms with Crippen LogP contribution < -0.4 is 19.7 Å². The monoisotopic (exact) mass is 480 g/mol. The number of amides is 1. The molecular formula is C25H28N4O4S. The van der Waals surface area contributed by atoms with E-state index < -0.39 is 0 Å². The summed E-state index contributed by atoms with van der Waals surface area (Å²) >= 11 is 1.33. The predicted molar refractivity (Wildman–Crippen MR) is 130 cm³/mol. The first-order valence-corrected chi connectivity index (χ1v) is 12.4. The third kappa shape index (κ3) is 5.48. The highest BCUT2D eigenvalue weighted by atomic mass is 32.1. The zero-order valence-electron chi connectivity index (χ0n) is 19.1. The fourth-order valence-electron chi connectivity index (χ4n) is 4.20. The number of rotatable bonds is 8. The van der Waals surface area contributed by atoms with Gasteiger partial charge in [-0.25, -0.2) is 4.98 Å². The van der Waals surface area contributed by atoms with Crippen LogP contribution in [0.2, 0.25) is 0 Å². The average Bonchev–Trinajstić information content (AvgIpc) is 3.63. The number of benzene rings is 1. The minimum absolute atomic E-state index is 0.0872. The number of ether oxygens (including phenoxy) is 3. The van der Waals surface area contributed by atoms with Gasteiger partial charge in [-0.2, -0.15) is 0 Å². The van der Waals surface area contributed by atoms with Crippen molar-refractivity contribution >= 4 is 22.9 Å². The molecule has 34 heavy (non-hydrogen) atoms. The molecule has 5 rings (SSSR count). The Morgan fingerprint density at radius 2 is 2.09 bits per heavy atom. The molecule has 1 N–H and O–H groups in total. The lowest BCUT2D eigenvalue weighted by Gasteiger charge is -2.20. The Labute approximate surface area is 202 Å². The molecule has 0 bridgehead atoms. The van der Waals surface area contributed by atoms with E-state index in [0.29, 0.717) is 17.4 Å². The highest BCUT2D eigenvalue weighted by Gasteiger charge is 2.25. The number of nitrogens with one attached hydrogen (secondary N) is 1. The van der Waals surface area contributed by atoms with Gasteiger partial charge in [-0.3, -0.25) is 9.78 Å². The highest BCUT2D eigenvalue weighted by Crippen LogP contribution is 2.27. The van der Waals surface area contributed by atoms with E-state index in [1.165, 1.54) is 11.3 Å². The number of hydrogen-bond donors (Lipinski definition) is 1. The Morgan fingerprint density at radius 3 is 2.85 bits per heavy atom. The van der Waals surface area contributed by atoms with Crippen LogP contribution in [0.1, 0.15) is 41.0 Å². The van der Waals surface area contributed by atoms with E-state index in [-0.39, 0.29) is 24.2 Å². The third-order valence-corrected chi connectivity index (χ3v) is 6.86. The van der Waals surface area contributed by atoms with E-state index in [4.69, 9.17) is 14.2 Å². The number of aromatic nitrogens is 2. The van der Waals surface area contributed by atoms with Gasteiger partial charge in [0.2, 0.25) is 5.88 Å². The van der Waals surface area contributed by atoms with Gasteiger partial charge in [0, 0.05) is 37.3 Å². The summed E-state index contributed by atoms with van der Waals surface area (Å²) in [5.74, 6) is 1.36. The fraction of sp³-hybridized carbons (Fsp3) is 0.400. The Bertz CT molecular complexity index is 1090. The third-order valence-electron chi connectivity index (χ3n) is 6.09. The molecule has 9 heteroatoms. The molecule has 1 aromatic carbocycles. The van der Waals surface area contributed by atoms with Crippen LogP contribution in [0.5, 0.6) is 11.6 Å². The van der Waals surface area contributed by atoms with E-state index >= 15 is 0 Å².